The van der Waals surface area contributed by atoms with Crippen LogP contribution in [0.5, 0.6) is 11.5 Å². The number of nitrogens with one attached hydrogen (secondary N) is 2. The van der Waals surface area contributed by atoms with Gasteiger partial charge >= 0.3 is 0 Å². The molecule has 2 fully saturated rings. The summed E-state index contributed by atoms with van der Waals surface area (Å²) in [7, 11) is 0. The van der Waals surface area contributed by atoms with Gasteiger partial charge in [0, 0.05) is 59.3 Å². The molecule has 1 saturated carbocycles. The molecule has 2 aliphatic heterocycles. The molecule has 376 valence electrons. The third-order valence-electron chi connectivity index (χ3n) is 13.7. The number of aliphatic imine (C=N–C) groups is 1. The van der Waals surface area contributed by atoms with Crippen molar-refractivity contribution < 1.29 is 33.8 Å². The molecule has 9 rings (SSSR count). The van der Waals surface area contributed by atoms with Crippen LogP contribution in [-0.2, 0) is 25.6 Å². The summed E-state index contributed by atoms with van der Waals surface area (Å²) in [4.78, 5) is 68.5. The zero-order valence-corrected chi connectivity index (χ0v) is 43.8. The van der Waals surface area contributed by atoms with E-state index in [4.69, 9.17) is 26.1 Å². The second kappa shape index (κ2) is 21.1. The number of nitrogens with zero attached hydrogens (tertiary/aromatic N) is 6. The highest BCUT2D eigenvalue weighted by molar-refractivity contribution is 7.15. The van der Waals surface area contributed by atoms with Crippen molar-refractivity contribution in [2.24, 2.45) is 10.4 Å². The lowest BCUT2D eigenvalue weighted by Gasteiger charge is -2.36. The molecule has 0 unspecified atom stereocenters. The van der Waals surface area contributed by atoms with Crippen molar-refractivity contribution >= 4 is 63.5 Å². The number of ketones is 1. The van der Waals surface area contributed by atoms with Crippen molar-refractivity contribution in [2.45, 2.75) is 123 Å². The summed E-state index contributed by atoms with van der Waals surface area (Å²) in [5.41, 5.74) is 7.90. The van der Waals surface area contributed by atoms with Gasteiger partial charge < -0.3 is 30.1 Å². The smallest absolute Gasteiger partial charge is 0.258 e. The molecule has 3 N–H and O–H groups in total. The molecule has 72 heavy (non-hydrogen) atoms. The maximum absolute atomic E-state index is 14.3. The number of hydrogen-bond acceptors (Lipinski definition) is 13. The number of aryl methyl sites for hydroxylation is 4. The molecule has 6 aromatic rings. The summed E-state index contributed by atoms with van der Waals surface area (Å²) in [5.74, 6) is 0.838. The molecule has 3 amide bonds. The van der Waals surface area contributed by atoms with Crippen molar-refractivity contribution in [1.29, 1.82) is 0 Å². The third kappa shape index (κ3) is 10.9. The van der Waals surface area contributed by atoms with E-state index in [2.05, 4.69) is 39.7 Å². The maximum atomic E-state index is 14.3. The minimum absolute atomic E-state index is 0.00571. The Morgan fingerprint density at radius 2 is 1.61 bits per heavy atom. The van der Waals surface area contributed by atoms with E-state index in [9.17, 15) is 24.3 Å². The number of amides is 3. The van der Waals surface area contributed by atoms with E-state index in [1.165, 1.54) is 4.90 Å². The van der Waals surface area contributed by atoms with Crippen LogP contribution >= 0.6 is 34.3 Å². The molecular formula is C54H59ClN8O7S2. The van der Waals surface area contributed by atoms with Gasteiger partial charge in [-0.05, 0) is 80.5 Å². The first-order valence-corrected chi connectivity index (χ1v) is 26.3. The Balaban J connectivity index is 0.781. The average Bonchev–Trinajstić information content (AvgIpc) is 4.11. The predicted molar refractivity (Wildman–Crippen MR) is 279 cm³/mol. The van der Waals surface area contributed by atoms with Crippen LogP contribution in [0.25, 0.3) is 15.4 Å². The number of ether oxygens (including phenoxy) is 2. The number of benzene rings is 3. The largest absolute Gasteiger partial charge is 0.486 e. The zero-order chi connectivity index (χ0) is 51.0. The minimum atomic E-state index is -1.00. The number of rotatable bonds is 16. The molecule has 18 heteroatoms. The van der Waals surface area contributed by atoms with Crippen LogP contribution in [0.3, 0.4) is 0 Å². The number of carbonyl (C=O) groups excluding carboxylic acids is 4. The Bertz CT molecular complexity index is 3030. The summed E-state index contributed by atoms with van der Waals surface area (Å²) < 4.78 is 14.4. The molecular weight excluding hydrogens is 972 g/mol. The molecule has 3 aliphatic rings. The lowest BCUT2D eigenvalue weighted by atomic mass is 9.85. The summed E-state index contributed by atoms with van der Waals surface area (Å²) in [5, 5.41) is 27.3. The fourth-order valence-corrected chi connectivity index (χ4v) is 11.7. The van der Waals surface area contributed by atoms with Gasteiger partial charge in [-0.15, -0.1) is 32.9 Å². The predicted octanol–water partition coefficient (Wildman–Crippen LogP) is 8.42. The van der Waals surface area contributed by atoms with Crippen molar-refractivity contribution in [3.8, 4) is 26.9 Å². The van der Waals surface area contributed by atoms with Gasteiger partial charge in [0.2, 0.25) is 11.8 Å². The Morgan fingerprint density at radius 3 is 2.31 bits per heavy atom. The molecule has 3 aromatic heterocycles. The number of thiazole rings is 1. The van der Waals surface area contributed by atoms with Gasteiger partial charge in [0.15, 0.2) is 29.7 Å². The topological polar surface area (TPSA) is 190 Å². The monoisotopic (exact) mass is 1030 g/mol. The highest BCUT2D eigenvalue weighted by atomic mass is 35.5. The molecule has 15 nitrogen and oxygen atoms in total. The van der Waals surface area contributed by atoms with Gasteiger partial charge in [0.1, 0.15) is 29.0 Å². The van der Waals surface area contributed by atoms with Gasteiger partial charge in [-0.3, -0.25) is 28.7 Å². The Labute approximate surface area is 432 Å². The number of hydrogen-bond donors (Lipinski definition) is 3. The standard InChI is InChI=1S/C54H59ClN8O7S2/c1-29-31(3)72-53-47(29)48(34-17-19-36(55)20-18-34)58-40(51-61-60-32(4)63(51)53)25-45(66)57-37-22-39(23-37)70-44-11-9-8-10-43(44)69-27-46(67)59-50(54(5,6)7)52(68)62-26-38(64)24-41(62)42(65)21-14-33-12-15-35(16-13-33)49-30(2)56-28-71-49/h8-13,15-20,28,37-41,50,64H,14,21-27H2,1-7H3,(H,57,66)(H,59,67)/t37?,38-,39?,40+,41+,50-/m1/s1. The van der Waals surface area contributed by atoms with Crippen molar-refractivity contribution in [3.05, 3.63) is 128 Å². The van der Waals surface area contributed by atoms with Crippen LogP contribution < -0.4 is 20.1 Å². The van der Waals surface area contributed by atoms with Gasteiger partial charge in [0.25, 0.3) is 5.91 Å². The first-order chi connectivity index (χ1) is 34.4. The van der Waals surface area contributed by atoms with Crippen molar-refractivity contribution in [2.75, 3.05) is 13.2 Å². The number of carbonyl (C=O) groups is 4. The number of halogens is 1. The normalized spacial score (nSPS) is 19.8. The van der Waals surface area contributed by atoms with Crippen LogP contribution in [-0.4, -0.2) is 102 Å². The highest BCUT2D eigenvalue weighted by Crippen LogP contribution is 2.40. The first kappa shape index (κ1) is 50.7. The van der Waals surface area contributed by atoms with E-state index >= 15 is 0 Å². The maximum Gasteiger partial charge on any atom is 0.258 e. The highest BCUT2D eigenvalue weighted by Gasteiger charge is 2.44. The van der Waals surface area contributed by atoms with Crippen LogP contribution in [0.2, 0.25) is 5.02 Å². The lowest BCUT2D eigenvalue weighted by molar-refractivity contribution is -0.143. The first-order valence-electron chi connectivity index (χ1n) is 24.3. The number of thiophene rings is 1. The number of aliphatic hydroxyl groups excluding tert-OH is 1. The second-order valence-electron chi connectivity index (χ2n) is 20.0. The molecule has 3 aromatic carbocycles. The Morgan fingerprint density at radius 1 is 0.903 bits per heavy atom. The van der Waals surface area contributed by atoms with Gasteiger partial charge in [-0.25, -0.2) is 4.98 Å². The van der Waals surface area contributed by atoms with E-state index in [-0.39, 0.29) is 49.6 Å². The van der Waals surface area contributed by atoms with Gasteiger partial charge in [-0.1, -0.05) is 80.9 Å². The quantitative estimate of drug-likeness (QED) is 0.0849. The number of Topliss-reactive ketones (excluding diaryl/α,β-unsaturated/α-hetero) is 1. The molecule has 1 aliphatic carbocycles. The minimum Gasteiger partial charge on any atom is -0.486 e. The molecule has 0 radical (unpaired) electrons. The molecule has 4 atom stereocenters. The number of likely N-dealkylation sites (tertiary alicyclic amines) is 1. The van der Waals surface area contributed by atoms with Crippen LogP contribution in [0.1, 0.15) is 103 Å². The molecule has 0 bridgehead atoms. The van der Waals surface area contributed by atoms with Crippen molar-refractivity contribution in [1.82, 2.24) is 35.3 Å². The number of aliphatic hydroxyl groups is 1. The van der Waals surface area contributed by atoms with Gasteiger partial charge in [0.05, 0.1) is 40.4 Å². The molecule has 5 heterocycles. The fourth-order valence-electron chi connectivity index (χ4n) is 9.58. The zero-order valence-electron chi connectivity index (χ0n) is 41.4. The summed E-state index contributed by atoms with van der Waals surface area (Å²) >= 11 is 9.52. The van der Waals surface area contributed by atoms with Crippen LogP contribution in [0.15, 0.2) is 83.3 Å². The van der Waals surface area contributed by atoms with Crippen LogP contribution in [0.4, 0.5) is 0 Å². The van der Waals surface area contributed by atoms with Crippen LogP contribution in [0, 0.1) is 33.1 Å². The summed E-state index contributed by atoms with van der Waals surface area (Å²) in [6.45, 7) is 13.2. The van der Waals surface area contributed by atoms with Gasteiger partial charge in [-0.2, -0.15) is 0 Å². The number of fused-ring (bicyclic) bond motifs is 3. The lowest BCUT2D eigenvalue weighted by Crippen LogP contribution is -2.57. The SMILES string of the molecule is Cc1ncsc1-c1ccc(CCC(=O)[C@@H]2C[C@@H](O)CN2C(=O)[C@@H](NC(=O)COc2ccccc2OC2CC(NC(=O)C[C@@H]3N=C(c4ccc(Cl)cc4)c4c(sc(C)c4C)-n4c(C)nnc43)C2)C(C)(C)C)cc1. The fraction of sp³-hybridized carbons (Fsp3) is 0.407. The Hall–Kier alpha value is -6.27. The molecule has 1 saturated heterocycles. The summed E-state index contributed by atoms with van der Waals surface area (Å²) in [6.07, 6.45) is 0.913. The van der Waals surface area contributed by atoms with E-state index < -0.39 is 48.1 Å². The average molecular weight is 1030 g/mol. The van der Waals surface area contributed by atoms with E-state index in [1.807, 2.05) is 99.3 Å². The Kier molecular flexibility index (Phi) is 14.8. The van der Waals surface area contributed by atoms with E-state index in [0.29, 0.717) is 47.4 Å². The molecule has 0 spiro atoms. The number of β-amino-alcohol motifs (C(OH)–C–C–N with tert-alkyl or cyclic N) is 1. The number of aromatic nitrogens is 4. The number of para-hydroxylation sites is 2. The van der Waals surface area contributed by atoms with E-state index in [0.717, 1.165) is 54.0 Å². The second-order valence-corrected chi connectivity index (χ2v) is 22.5. The van der Waals surface area contributed by atoms with Crippen molar-refractivity contribution in [3.63, 3.8) is 0 Å². The third-order valence-corrected chi connectivity index (χ3v) is 16.1. The summed E-state index contributed by atoms with van der Waals surface area (Å²) in [6, 6.07) is 20.1. The van der Waals surface area contributed by atoms with E-state index in [1.54, 1.807) is 40.9 Å².